The van der Waals surface area contributed by atoms with Crippen molar-refractivity contribution in [1.29, 1.82) is 0 Å². The summed E-state index contributed by atoms with van der Waals surface area (Å²) in [6.45, 7) is 6.80. The molecule has 2 aromatic heterocycles. The Morgan fingerprint density at radius 3 is 2.52 bits per heavy atom. The number of aromatic nitrogens is 3. The number of ether oxygens (including phenoxy) is 1. The third kappa shape index (κ3) is 3.81. The number of hydrogen-bond donors (Lipinski definition) is 2. The highest BCUT2D eigenvalue weighted by Crippen LogP contribution is 2.21. The van der Waals surface area contributed by atoms with Crippen molar-refractivity contribution >= 4 is 11.9 Å². The van der Waals surface area contributed by atoms with Crippen molar-refractivity contribution < 1.29 is 19.4 Å². The van der Waals surface area contributed by atoms with E-state index in [4.69, 9.17) is 0 Å². The predicted octanol–water partition coefficient (Wildman–Crippen LogP) is 0.949. The van der Waals surface area contributed by atoms with Gasteiger partial charge >= 0.3 is 5.97 Å². The summed E-state index contributed by atoms with van der Waals surface area (Å²) in [5.41, 5.74) is -0.645. The molecular weight excluding hydrogens is 352 g/mol. The van der Waals surface area contributed by atoms with Gasteiger partial charge in [0.25, 0.3) is 11.5 Å². The second kappa shape index (κ2) is 7.18. The van der Waals surface area contributed by atoms with Crippen LogP contribution in [0.4, 0.5) is 0 Å². The Hall–Kier alpha value is -3.23. The molecule has 9 heteroatoms. The van der Waals surface area contributed by atoms with Crippen molar-refractivity contribution in [2.24, 2.45) is 7.05 Å². The van der Waals surface area contributed by atoms with Crippen molar-refractivity contribution in [2.75, 3.05) is 7.11 Å². The van der Waals surface area contributed by atoms with E-state index in [-0.39, 0.29) is 11.7 Å². The molecule has 27 heavy (non-hydrogen) atoms. The maximum absolute atomic E-state index is 12.7. The molecule has 2 N–H and O–H groups in total. The zero-order valence-electron chi connectivity index (χ0n) is 16.1. The van der Waals surface area contributed by atoms with Crippen LogP contribution >= 0.6 is 0 Å². The van der Waals surface area contributed by atoms with Crippen molar-refractivity contribution in [3.8, 4) is 5.75 Å². The third-order valence-electron chi connectivity index (χ3n) is 4.12. The molecule has 2 heterocycles. The van der Waals surface area contributed by atoms with Crippen LogP contribution in [0.5, 0.6) is 5.75 Å². The molecule has 0 saturated heterocycles. The minimum absolute atomic E-state index is 0.0856. The van der Waals surface area contributed by atoms with Crippen LogP contribution in [0.3, 0.4) is 0 Å². The van der Waals surface area contributed by atoms with Crippen LogP contribution < -0.4 is 10.9 Å². The molecule has 0 spiro atoms. The summed E-state index contributed by atoms with van der Waals surface area (Å²) in [6.07, 6.45) is 1.60. The number of nitrogens with zero attached hydrogens (tertiary/aromatic N) is 3. The topological polar surface area (TPSA) is 123 Å². The number of aryl methyl sites for hydroxylation is 2. The summed E-state index contributed by atoms with van der Waals surface area (Å²) in [5.74, 6) is -2.06. The normalized spacial score (nSPS) is 11.2. The fraction of sp³-hybridized carbons (Fsp3) is 0.389. The number of esters is 1. The summed E-state index contributed by atoms with van der Waals surface area (Å²) in [6, 6.07) is 1.66. The van der Waals surface area contributed by atoms with E-state index in [9.17, 15) is 19.5 Å². The lowest BCUT2D eigenvalue weighted by Crippen LogP contribution is -2.45. The van der Waals surface area contributed by atoms with E-state index in [1.54, 1.807) is 40.0 Å². The van der Waals surface area contributed by atoms with E-state index in [1.165, 1.54) is 7.05 Å². The highest BCUT2D eigenvalue weighted by atomic mass is 16.5. The molecule has 2 aromatic rings. The van der Waals surface area contributed by atoms with Gasteiger partial charge in [-0.2, -0.15) is 0 Å². The van der Waals surface area contributed by atoms with Gasteiger partial charge in [-0.05, 0) is 39.3 Å². The standard InChI is InChI=1S/C18H22N4O5/c1-9-8-19-10(2)7-11(9)14(24)21-18(3,4)17-20-12(16(26)27-6)13(23)15(25)22(17)5/h7-8,23H,1-6H3,(H,21,24). The second-order valence-corrected chi connectivity index (χ2v) is 6.71. The summed E-state index contributed by atoms with van der Waals surface area (Å²) in [5, 5.41) is 12.7. The molecule has 0 aliphatic carbocycles. The van der Waals surface area contributed by atoms with Crippen LogP contribution in [0.15, 0.2) is 17.1 Å². The van der Waals surface area contributed by atoms with Crippen LogP contribution in [-0.2, 0) is 17.3 Å². The van der Waals surface area contributed by atoms with Crippen LogP contribution in [0, 0.1) is 13.8 Å². The number of aromatic hydroxyl groups is 1. The van der Waals surface area contributed by atoms with Crippen LogP contribution in [0.2, 0.25) is 0 Å². The Morgan fingerprint density at radius 1 is 1.30 bits per heavy atom. The Kier molecular flexibility index (Phi) is 5.34. The molecule has 0 aromatic carbocycles. The van der Waals surface area contributed by atoms with E-state index in [0.29, 0.717) is 16.8 Å². The SMILES string of the molecule is COC(=O)c1nc(C(C)(C)NC(=O)c2cc(C)ncc2C)n(C)c(=O)c1O. The zero-order valence-corrected chi connectivity index (χ0v) is 16.1. The van der Waals surface area contributed by atoms with Crippen molar-refractivity contribution in [3.63, 3.8) is 0 Å². The Balaban J connectivity index is 2.51. The van der Waals surface area contributed by atoms with Gasteiger partial charge in [0.15, 0.2) is 5.69 Å². The van der Waals surface area contributed by atoms with Gasteiger partial charge < -0.3 is 15.2 Å². The molecule has 2 rings (SSSR count). The summed E-state index contributed by atoms with van der Waals surface area (Å²) >= 11 is 0. The Morgan fingerprint density at radius 2 is 1.93 bits per heavy atom. The van der Waals surface area contributed by atoms with Gasteiger partial charge in [0, 0.05) is 24.5 Å². The van der Waals surface area contributed by atoms with Crippen LogP contribution in [0.1, 0.15) is 51.8 Å². The maximum Gasteiger partial charge on any atom is 0.360 e. The molecule has 9 nitrogen and oxygen atoms in total. The first-order valence-electron chi connectivity index (χ1n) is 8.14. The molecular formula is C18H22N4O5. The van der Waals surface area contributed by atoms with Gasteiger partial charge in [0.1, 0.15) is 5.82 Å². The van der Waals surface area contributed by atoms with E-state index in [1.807, 2.05) is 0 Å². The smallest absolute Gasteiger partial charge is 0.360 e. The summed E-state index contributed by atoms with van der Waals surface area (Å²) < 4.78 is 5.63. The molecule has 0 atom stereocenters. The first-order valence-corrected chi connectivity index (χ1v) is 8.14. The van der Waals surface area contributed by atoms with Gasteiger partial charge in [0.05, 0.1) is 12.6 Å². The van der Waals surface area contributed by atoms with Crippen molar-refractivity contribution in [3.05, 3.63) is 51.0 Å². The minimum Gasteiger partial charge on any atom is -0.501 e. The Bertz CT molecular complexity index is 978. The fourth-order valence-electron chi connectivity index (χ4n) is 2.67. The fourth-order valence-corrected chi connectivity index (χ4v) is 2.67. The lowest BCUT2D eigenvalue weighted by molar-refractivity contribution is 0.0588. The molecule has 0 saturated carbocycles. The Labute approximate surface area is 156 Å². The van der Waals surface area contributed by atoms with Gasteiger partial charge in [-0.3, -0.25) is 19.1 Å². The van der Waals surface area contributed by atoms with E-state index >= 15 is 0 Å². The average molecular weight is 374 g/mol. The second-order valence-electron chi connectivity index (χ2n) is 6.71. The highest BCUT2D eigenvalue weighted by Gasteiger charge is 2.32. The summed E-state index contributed by atoms with van der Waals surface area (Å²) in [4.78, 5) is 45.0. The van der Waals surface area contributed by atoms with E-state index < -0.39 is 28.5 Å². The van der Waals surface area contributed by atoms with Gasteiger partial charge in [0.2, 0.25) is 5.75 Å². The number of carbonyl (C=O) groups excluding carboxylic acids is 2. The number of nitrogens with one attached hydrogen (secondary N) is 1. The van der Waals surface area contributed by atoms with Gasteiger partial charge in [-0.15, -0.1) is 0 Å². The molecule has 1 amide bonds. The zero-order chi connectivity index (χ0) is 20.5. The number of pyridine rings is 1. The van der Waals surface area contributed by atoms with Crippen LogP contribution in [-0.4, -0.2) is 38.6 Å². The molecule has 144 valence electrons. The molecule has 0 unspecified atom stereocenters. The quantitative estimate of drug-likeness (QED) is 0.764. The molecule has 0 radical (unpaired) electrons. The van der Waals surface area contributed by atoms with Crippen molar-refractivity contribution in [1.82, 2.24) is 19.9 Å². The molecule has 0 aliphatic rings. The number of carbonyl (C=O) groups is 2. The lowest BCUT2D eigenvalue weighted by Gasteiger charge is -2.28. The van der Waals surface area contributed by atoms with Gasteiger partial charge in [-0.25, -0.2) is 9.78 Å². The van der Waals surface area contributed by atoms with E-state index in [2.05, 4.69) is 20.0 Å². The first-order chi connectivity index (χ1) is 12.5. The lowest BCUT2D eigenvalue weighted by atomic mass is 10.0. The number of rotatable bonds is 4. The van der Waals surface area contributed by atoms with Crippen molar-refractivity contribution in [2.45, 2.75) is 33.2 Å². The maximum atomic E-state index is 12.7. The number of hydrogen-bond acceptors (Lipinski definition) is 7. The summed E-state index contributed by atoms with van der Waals surface area (Å²) in [7, 11) is 2.50. The minimum atomic E-state index is -1.13. The van der Waals surface area contributed by atoms with Crippen LogP contribution in [0.25, 0.3) is 0 Å². The monoisotopic (exact) mass is 374 g/mol. The predicted molar refractivity (Wildman–Crippen MR) is 96.7 cm³/mol. The third-order valence-corrected chi connectivity index (χ3v) is 4.12. The number of amides is 1. The first kappa shape index (κ1) is 20.1. The highest BCUT2D eigenvalue weighted by molar-refractivity contribution is 5.96. The molecule has 0 aliphatic heterocycles. The van der Waals surface area contributed by atoms with Gasteiger partial charge in [-0.1, -0.05) is 0 Å². The number of methoxy groups -OCH3 is 1. The molecule has 0 fully saturated rings. The largest absolute Gasteiger partial charge is 0.501 e. The molecule has 0 bridgehead atoms. The van der Waals surface area contributed by atoms with E-state index in [0.717, 1.165) is 11.7 Å². The average Bonchev–Trinajstić information content (AvgIpc) is 2.60.